The van der Waals surface area contributed by atoms with Crippen molar-refractivity contribution in [3.8, 4) is 28.1 Å². The molecule has 6 nitrogen and oxygen atoms in total. The molecule has 2 aromatic carbocycles. The molecule has 5 rings (SSSR count). The fourth-order valence-electron chi connectivity index (χ4n) is 4.72. The summed E-state index contributed by atoms with van der Waals surface area (Å²) in [5.41, 5.74) is 7.03. The number of rotatable bonds is 6. The summed E-state index contributed by atoms with van der Waals surface area (Å²) in [4.78, 5) is 4.98. The Morgan fingerprint density at radius 1 is 0.882 bits per heavy atom. The van der Waals surface area contributed by atoms with Crippen LogP contribution >= 0.6 is 0 Å². The lowest BCUT2D eigenvalue weighted by atomic mass is 10.0. The number of benzene rings is 2. The van der Waals surface area contributed by atoms with E-state index in [1.54, 1.807) is 12.1 Å². The monoisotopic (exact) mass is 459 g/mol. The Bertz CT molecular complexity index is 1230. The third-order valence-corrected chi connectivity index (χ3v) is 6.71. The minimum Gasteiger partial charge on any atom is -0.361 e. The van der Waals surface area contributed by atoms with Crippen molar-refractivity contribution in [2.45, 2.75) is 27.3 Å². The van der Waals surface area contributed by atoms with Gasteiger partial charge in [0.1, 0.15) is 11.6 Å². The molecule has 0 radical (unpaired) electrons. The lowest BCUT2D eigenvalue weighted by Gasteiger charge is -2.33. The number of hydrogen-bond donors (Lipinski definition) is 0. The summed E-state index contributed by atoms with van der Waals surface area (Å²) in [5.74, 6) is 0.559. The van der Waals surface area contributed by atoms with Gasteiger partial charge >= 0.3 is 0 Å². The van der Waals surface area contributed by atoms with Gasteiger partial charge in [-0.2, -0.15) is 5.10 Å². The molecule has 1 saturated heterocycles. The van der Waals surface area contributed by atoms with Crippen molar-refractivity contribution in [1.82, 2.24) is 24.7 Å². The van der Waals surface area contributed by atoms with Crippen LogP contribution in [0.3, 0.4) is 0 Å². The van der Waals surface area contributed by atoms with E-state index in [0.717, 1.165) is 78.8 Å². The van der Waals surface area contributed by atoms with E-state index in [1.807, 2.05) is 36.9 Å². The SMILES string of the molecule is CCN1CCN(Cc2cnn(-c3ccc(-c4ccc(F)cc4)cc3)c2-c2c(C)noc2C)CC1. The molecule has 7 heteroatoms. The van der Waals surface area contributed by atoms with Crippen LogP contribution in [0.2, 0.25) is 0 Å². The Hall–Kier alpha value is -3.29. The van der Waals surface area contributed by atoms with Crippen molar-refractivity contribution in [1.29, 1.82) is 0 Å². The molecule has 0 bridgehead atoms. The summed E-state index contributed by atoms with van der Waals surface area (Å²) in [6, 6.07) is 14.8. The maximum atomic E-state index is 13.3. The number of likely N-dealkylation sites (N-methyl/N-ethyl adjacent to an activating group) is 1. The van der Waals surface area contributed by atoms with Crippen molar-refractivity contribution in [3.63, 3.8) is 0 Å². The Labute approximate surface area is 199 Å². The molecule has 0 spiro atoms. The molecule has 0 atom stereocenters. The highest BCUT2D eigenvalue weighted by molar-refractivity contribution is 5.70. The van der Waals surface area contributed by atoms with Gasteiger partial charge in [-0.05, 0) is 55.8 Å². The molecule has 34 heavy (non-hydrogen) atoms. The van der Waals surface area contributed by atoms with Gasteiger partial charge in [0.05, 0.1) is 28.8 Å². The van der Waals surface area contributed by atoms with Crippen LogP contribution in [-0.4, -0.2) is 57.5 Å². The van der Waals surface area contributed by atoms with E-state index in [1.165, 1.54) is 17.7 Å². The lowest BCUT2D eigenvalue weighted by molar-refractivity contribution is 0.132. The van der Waals surface area contributed by atoms with E-state index in [4.69, 9.17) is 9.62 Å². The maximum absolute atomic E-state index is 13.3. The molecule has 0 aliphatic carbocycles. The molecular formula is C27H30FN5O. The van der Waals surface area contributed by atoms with Crippen molar-refractivity contribution in [2.24, 2.45) is 0 Å². The Morgan fingerprint density at radius 2 is 1.50 bits per heavy atom. The van der Waals surface area contributed by atoms with Crippen LogP contribution < -0.4 is 0 Å². The predicted octanol–water partition coefficient (Wildman–Crippen LogP) is 5.09. The number of piperazine rings is 1. The van der Waals surface area contributed by atoms with Crippen LogP contribution in [0.1, 0.15) is 23.9 Å². The standard InChI is InChI=1S/C27H30FN5O/c1-4-31-13-15-32(16-14-31)18-23-17-29-33(27(23)26-19(2)30-34-20(26)3)25-11-7-22(8-12-25)21-5-9-24(28)10-6-21/h5-12,17H,4,13-16,18H2,1-3H3. The first-order valence-corrected chi connectivity index (χ1v) is 11.8. The first kappa shape index (κ1) is 22.5. The minimum atomic E-state index is -0.232. The normalized spacial score (nSPS) is 15.2. The van der Waals surface area contributed by atoms with Crippen molar-refractivity contribution in [3.05, 3.63) is 77.6 Å². The van der Waals surface area contributed by atoms with E-state index in [-0.39, 0.29) is 5.82 Å². The van der Waals surface area contributed by atoms with Crippen LogP contribution in [0.4, 0.5) is 4.39 Å². The molecule has 1 aliphatic rings. The van der Waals surface area contributed by atoms with Crippen LogP contribution in [0.25, 0.3) is 28.1 Å². The maximum Gasteiger partial charge on any atom is 0.143 e. The van der Waals surface area contributed by atoms with E-state index in [0.29, 0.717) is 0 Å². The highest BCUT2D eigenvalue weighted by atomic mass is 19.1. The molecule has 1 fully saturated rings. The summed E-state index contributed by atoms with van der Waals surface area (Å²) >= 11 is 0. The molecule has 176 valence electrons. The van der Waals surface area contributed by atoms with Crippen LogP contribution in [-0.2, 0) is 6.54 Å². The van der Waals surface area contributed by atoms with E-state index >= 15 is 0 Å². The van der Waals surface area contributed by atoms with Crippen molar-refractivity contribution >= 4 is 0 Å². The van der Waals surface area contributed by atoms with Crippen LogP contribution in [0.5, 0.6) is 0 Å². The van der Waals surface area contributed by atoms with E-state index in [2.05, 4.69) is 34.0 Å². The Balaban J connectivity index is 1.49. The van der Waals surface area contributed by atoms with Gasteiger partial charge in [-0.1, -0.05) is 36.3 Å². The first-order valence-electron chi connectivity index (χ1n) is 11.8. The fraction of sp³-hybridized carbons (Fsp3) is 0.333. The average molecular weight is 460 g/mol. The summed E-state index contributed by atoms with van der Waals surface area (Å²) in [6.45, 7) is 12.4. The van der Waals surface area contributed by atoms with Crippen LogP contribution in [0, 0.1) is 19.7 Å². The first-order chi connectivity index (χ1) is 16.5. The van der Waals surface area contributed by atoms with Gasteiger partial charge in [0.15, 0.2) is 0 Å². The Kier molecular flexibility index (Phi) is 6.30. The molecular weight excluding hydrogens is 429 g/mol. The lowest BCUT2D eigenvalue weighted by Crippen LogP contribution is -2.45. The average Bonchev–Trinajstić information content (AvgIpc) is 3.41. The third-order valence-electron chi connectivity index (χ3n) is 6.71. The summed E-state index contributed by atoms with van der Waals surface area (Å²) < 4.78 is 20.8. The van der Waals surface area contributed by atoms with Gasteiger partial charge in [0.2, 0.25) is 0 Å². The second kappa shape index (κ2) is 9.52. The molecule has 0 amide bonds. The van der Waals surface area contributed by atoms with Gasteiger partial charge < -0.3 is 9.42 Å². The molecule has 3 heterocycles. The van der Waals surface area contributed by atoms with Gasteiger partial charge in [-0.25, -0.2) is 9.07 Å². The van der Waals surface area contributed by atoms with Gasteiger partial charge in [0, 0.05) is 38.3 Å². The van der Waals surface area contributed by atoms with Crippen molar-refractivity contribution < 1.29 is 8.91 Å². The summed E-state index contributed by atoms with van der Waals surface area (Å²) in [7, 11) is 0. The number of aromatic nitrogens is 3. The minimum absolute atomic E-state index is 0.232. The van der Waals surface area contributed by atoms with Gasteiger partial charge in [-0.3, -0.25) is 4.90 Å². The van der Waals surface area contributed by atoms with Gasteiger partial charge in [-0.15, -0.1) is 0 Å². The third kappa shape index (κ3) is 4.41. The van der Waals surface area contributed by atoms with Crippen LogP contribution in [0.15, 0.2) is 59.3 Å². The number of aryl methyl sites for hydroxylation is 2. The summed E-state index contributed by atoms with van der Waals surface area (Å²) in [5, 5.41) is 9.01. The molecule has 0 saturated carbocycles. The smallest absolute Gasteiger partial charge is 0.143 e. The number of nitrogens with zero attached hydrogens (tertiary/aromatic N) is 5. The quantitative estimate of drug-likeness (QED) is 0.402. The molecule has 2 aromatic heterocycles. The predicted molar refractivity (Wildman–Crippen MR) is 131 cm³/mol. The largest absolute Gasteiger partial charge is 0.361 e. The number of halogens is 1. The Morgan fingerprint density at radius 3 is 2.09 bits per heavy atom. The second-order valence-electron chi connectivity index (χ2n) is 8.89. The highest BCUT2D eigenvalue weighted by Crippen LogP contribution is 2.33. The molecule has 1 aliphatic heterocycles. The topological polar surface area (TPSA) is 50.3 Å². The number of hydrogen-bond acceptors (Lipinski definition) is 5. The zero-order chi connectivity index (χ0) is 23.7. The molecule has 0 N–H and O–H groups in total. The van der Waals surface area contributed by atoms with Crippen molar-refractivity contribution in [2.75, 3.05) is 32.7 Å². The zero-order valence-corrected chi connectivity index (χ0v) is 20.0. The molecule has 4 aromatic rings. The second-order valence-corrected chi connectivity index (χ2v) is 8.89. The highest BCUT2D eigenvalue weighted by Gasteiger charge is 2.24. The van der Waals surface area contributed by atoms with Gasteiger partial charge in [0.25, 0.3) is 0 Å². The summed E-state index contributed by atoms with van der Waals surface area (Å²) in [6.07, 6.45) is 1.97. The fourth-order valence-corrected chi connectivity index (χ4v) is 4.72. The molecule has 0 unspecified atom stereocenters. The van der Waals surface area contributed by atoms with E-state index < -0.39 is 0 Å². The zero-order valence-electron chi connectivity index (χ0n) is 20.0. The van der Waals surface area contributed by atoms with E-state index in [9.17, 15) is 4.39 Å².